The fourth-order valence-electron chi connectivity index (χ4n) is 1.96. The first kappa shape index (κ1) is 18.5. The van der Waals surface area contributed by atoms with Crippen LogP contribution in [0.25, 0.3) is 0 Å². The average Bonchev–Trinajstić information content (AvgIpc) is 3.00. The van der Waals surface area contributed by atoms with Gasteiger partial charge in [-0.15, -0.1) is 24.0 Å². The van der Waals surface area contributed by atoms with Crippen LogP contribution in [0.5, 0.6) is 0 Å². The number of nitrogens with one attached hydrogen (secondary N) is 1. The monoisotopic (exact) mass is 415 g/mol. The van der Waals surface area contributed by atoms with E-state index in [1.165, 1.54) is 11.8 Å². The maximum atomic E-state index is 10.3. The minimum atomic E-state index is -1.18. The Bertz CT molecular complexity index is 610. The molecule has 0 amide bonds. The van der Waals surface area contributed by atoms with Crippen molar-refractivity contribution in [2.45, 2.75) is 25.9 Å². The third-order valence-electron chi connectivity index (χ3n) is 3.22. The minimum absolute atomic E-state index is 0. The molecule has 4 N–H and O–H groups in total. The van der Waals surface area contributed by atoms with Crippen LogP contribution in [0.15, 0.2) is 52.1 Å². The van der Waals surface area contributed by atoms with Crippen LogP contribution in [0.1, 0.15) is 25.2 Å². The molecular weight excluding hydrogens is 393 g/mol. The van der Waals surface area contributed by atoms with Gasteiger partial charge in [0.25, 0.3) is 0 Å². The fraction of sp³-hybridized carbons (Fsp3) is 0.312. The van der Waals surface area contributed by atoms with E-state index >= 15 is 0 Å². The van der Waals surface area contributed by atoms with E-state index in [0.29, 0.717) is 5.76 Å². The molecule has 0 saturated carbocycles. The Labute approximate surface area is 147 Å². The summed E-state index contributed by atoms with van der Waals surface area (Å²) in [4.78, 5) is 4.18. The van der Waals surface area contributed by atoms with Crippen molar-refractivity contribution in [3.8, 4) is 0 Å². The summed E-state index contributed by atoms with van der Waals surface area (Å²) in [6.45, 7) is 3.85. The van der Waals surface area contributed by atoms with Gasteiger partial charge in [-0.2, -0.15) is 0 Å². The number of rotatable bonds is 5. The van der Waals surface area contributed by atoms with Crippen LogP contribution in [-0.2, 0) is 12.0 Å². The number of guanidine groups is 1. The summed E-state index contributed by atoms with van der Waals surface area (Å²) in [6.07, 6.45) is 2.48. The molecule has 1 aromatic carbocycles. The van der Waals surface area contributed by atoms with E-state index in [4.69, 9.17) is 10.2 Å². The van der Waals surface area contributed by atoms with Crippen molar-refractivity contribution >= 4 is 35.6 Å². The van der Waals surface area contributed by atoms with Gasteiger partial charge < -0.3 is 20.6 Å². The zero-order chi connectivity index (χ0) is 15.3. The number of anilines is 1. The number of aliphatic imine (C=N–C) groups is 1. The van der Waals surface area contributed by atoms with Crippen molar-refractivity contribution in [3.63, 3.8) is 0 Å². The Morgan fingerprint density at radius 3 is 2.77 bits per heavy atom. The quantitative estimate of drug-likeness (QED) is 0.398. The molecular formula is C16H22IN3O2. The van der Waals surface area contributed by atoms with Gasteiger partial charge >= 0.3 is 0 Å². The molecule has 0 fully saturated rings. The van der Waals surface area contributed by atoms with Crippen LogP contribution in [0.3, 0.4) is 0 Å². The Balaban J connectivity index is 0.00000242. The average molecular weight is 415 g/mol. The first-order valence-corrected chi connectivity index (χ1v) is 6.93. The van der Waals surface area contributed by atoms with E-state index in [1.807, 2.05) is 18.2 Å². The fourth-order valence-corrected chi connectivity index (χ4v) is 1.96. The largest absolute Gasteiger partial charge is 0.466 e. The molecule has 0 saturated heterocycles. The summed E-state index contributed by atoms with van der Waals surface area (Å²) < 4.78 is 5.20. The van der Waals surface area contributed by atoms with Crippen molar-refractivity contribution in [3.05, 3.63) is 54.0 Å². The van der Waals surface area contributed by atoms with Crippen LogP contribution >= 0.6 is 24.0 Å². The van der Waals surface area contributed by atoms with E-state index in [-0.39, 0.29) is 36.5 Å². The lowest BCUT2D eigenvalue weighted by Gasteiger charge is -2.18. The van der Waals surface area contributed by atoms with E-state index in [1.54, 1.807) is 19.1 Å². The Morgan fingerprint density at radius 2 is 2.14 bits per heavy atom. The highest BCUT2D eigenvalue weighted by Crippen LogP contribution is 2.21. The molecule has 1 heterocycles. The number of halogens is 1. The predicted molar refractivity (Wildman–Crippen MR) is 99.6 cm³/mol. The number of nitrogens with zero attached hydrogens (tertiary/aromatic N) is 1. The number of furan rings is 1. The molecule has 0 aliphatic rings. The normalized spacial score (nSPS) is 14.0. The molecule has 2 rings (SSSR count). The lowest BCUT2D eigenvalue weighted by Crippen LogP contribution is -2.29. The maximum Gasteiger partial charge on any atom is 0.193 e. The first-order valence-electron chi connectivity index (χ1n) is 6.93. The summed E-state index contributed by atoms with van der Waals surface area (Å²) in [5.74, 6) is 0.724. The summed E-state index contributed by atoms with van der Waals surface area (Å²) in [5, 5.41) is 13.3. The van der Waals surface area contributed by atoms with Gasteiger partial charge in [0, 0.05) is 5.69 Å². The molecule has 1 aromatic heterocycles. The Morgan fingerprint density at radius 1 is 1.36 bits per heavy atom. The third kappa shape index (κ3) is 5.03. The summed E-state index contributed by atoms with van der Waals surface area (Å²) in [5.41, 5.74) is 6.78. The Hall–Kier alpha value is -1.54. The zero-order valence-electron chi connectivity index (χ0n) is 12.7. The molecule has 120 valence electrons. The number of hydrogen-bond donors (Lipinski definition) is 3. The van der Waals surface area contributed by atoms with Gasteiger partial charge in [0.05, 0.1) is 12.8 Å². The molecule has 0 radical (unpaired) electrons. The number of aryl methyl sites for hydroxylation is 1. The maximum absolute atomic E-state index is 10.3. The molecule has 0 aliphatic carbocycles. The van der Waals surface area contributed by atoms with Gasteiger partial charge in [-0.25, -0.2) is 4.99 Å². The highest BCUT2D eigenvalue weighted by atomic mass is 127. The highest BCUT2D eigenvalue weighted by Gasteiger charge is 2.25. The van der Waals surface area contributed by atoms with Gasteiger partial charge in [0.15, 0.2) is 5.96 Å². The lowest BCUT2D eigenvalue weighted by atomic mass is 10.0. The molecule has 5 nitrogen and oxygen atoms in total. The van der Waals surface area contributed by atoms with Crippen molar-refractivity contribution in [2.24, 2.45) is 10.7 Å². The van der Waals surface area contributed by atoms with Crippen molar-refractivity contribution in [1.82, 2.24) is 0 Å². The Kier molecular flexibility index (Phi) is 6.89. The molecule has 0 spiro atoms. The SMILES string of the molecule is CCc1cccc(NC(N)=NCC(C)(O)c2ccco2)c1.I. The molecule has 0 bridgehead atoms. The molecule has 1 atom stereocenters. The smallest absolute Gasteiger partial charge is 0.193 e. The van der Waals surface area contributed by atoms with E-state index < -0.39 is 5.60 Å². The van der Waals surface area contributed by atoms with Gasteiger partial charge in [-0.05, 0) is 43.2 Å². The van der Waals surface area contributed by atoms with Crippen LogP contribution in [0, 0.1) is 0 Å². The minimum Gasteiger partial charge on any atom is -0.466 e. The highest BCUT2D eigenvalue weighted by molar-refractivity contribution is 14.0. The van der Waals surface area contributed by atoms with Gasteiger partial charge in [0.2, 0.25) is 0 Å². The number of benzene rings is 1. The zero-order valence-corrected chi connectivity index (χ0v) is 15.1. The van der Waals surface area contributed by atoms with Crippen molar-refractivity contribution in [1.29, 1.82) is 0 Å². The summed E-state index contributed by atoms with van der Waals surface area (Å²) in [6, 6.07) is 11.4. The first-order chi connectivity index (χ1) is 10.0. The lowest BCUT2D eigenvalue weighted by molar-refractivity contribution is 0.0438. The van der Waals surface area contributed by atoms with Crippen LogP contribution in [0.2, 0.25) is 0 Å². The number of hydrogen-bond acceptors (Lipinski definition) is 3. The van der Waals surface area contributed by atoms with Gasteiger partial charge in [-0.3, -0.25) is 0 Å². The molecule has 0 aliphatic heterocycles. The van der Waals surface area contributed by atoms with Crippen molar-refractivity contribution in [2.75, 3.05) is 11.9 Å². The second-order valence-electron chi connectivity index (χ2n) is 5.13. The molecule has 1 unspecified atom stereocenters. The van der Waals surface area contributed by atoms with Crippen LogP contribution in [0.4, 0.5) is 5.69 Å². The van der Waals surface area contributed by atoms with E-state index in [0.717, 1.165) is 12.1 Å². The van der Waals surface area contributed by atoms with Crippen molar-refractivity contribution < 1.29 is 9.52 Å². The summed E-state index contributed by atoms with van der Waals surface area (Å²) >= 11 is 0. The van der Waals surface area contributed by atoms with E-state index in [9.17, 15) is 5.11 Å². The van der Waals surface area contributed by atoms with Crippen LogP contribution in [-0.4, -0.2) is 17.6 Å². The second kappa shape index (κ2) is 8.19. The van der Waals surface area contributed by atoms with Gasteiger partial charge in [-0.1, -0.05) is 19.1 Å². The summed E-state index contributed by atoms with van der Waals surface area (Å²) in [7, 11) is 0. The molecule has 22 heavy (non-hydrogen) atoms. The number of nitrogens with two attached hydrogens (primary N) is 1. The topological polar surface area (TPSA) is 83.8 Å². The number of aliphatic hydroxyl groups is 1. The third-order valence-corrected chi connectivity index (χ3v) is 3.22. The molecule has 6 heteroatoms. The molecule has 2 aromatic rings. The van der Waals surface area contributed by atoms with Crippen LogP contribution < -0.4 is 11.1 Å². The standard InChI is InChI=1S/C16H21N3O2.HI/c1-3-12-6-4-7-13(10-12)19-15(17)18-11-16(2,20)14-8-5-9-21-14;/h4-10,20H,3,11H2,1-2H3,(H3,17,18,19);1H. The second-order valence-corrected chi connectivity index (χ2v) is 5.13. The predicted octanol–water partition coefficient (Wildman–Crippen LogP) is 3.09. The van der Waals surface area contributed by atoms with Gasteiger partial charge in [0.1, 0.15) is 11.4 Å². The van der Waals surface area contributed by atoms with E-state index in [2.05, 4.69) is 23.3 Å².